The molecule has 0 aromatic heterocycles. The fourth-order valence-electron chi connectivity index (χ4n) is 13.1. The van der Waals surface area contributed by atoms with Gasteiger partial charge in [-0.15, -0.1) is 0 Å². The molecule has 4 aliphatic rings. The number of nitrogens with zero attached hydrogens (tertiary/aromatic N) is 5. The van der Waals surface area contributed by atoms with Crippen LogP contribution in [0.15, 0.2) is 60.7 Å². The Hall–Kier alpha value is -7.44. The Morgan fingerprint density at radius 3 is 2.04 bits per heavy atom. The van der Waals surface area contributed by atoms with Gasteiger partial charge in [0.15, 0.2) is 11.6 Å². The summed E-state index contributed by atoms with van der Waals surface area (Å²) in [5, 5.41) is 60.5. The Morgan fingerprint density at radius 1 is 0.811 bits per heavy atom. The first-order chi connectivity index (χ1) is 44.9. The van der Waals surface area contributed by atoms with E-state index in [0.29, 0.717) is 37.9 Å². The number of hydrogen-bond donors (Lipinski definition) is 8. The average Bonchev–Trinajstić information content (AvgIpc) is 1.73. The number of ketones is 1. The highest BCUT2D eigenvalue weighted by atomic mass is 16.7. The minimum atomic E-state index is -2.05. The van der Waals surface area contributed by atoms with E-state index in [1.165, 1.54) is 44.4 Å². The Bertz CT molecular complexity index is 3050. The van der Waals surface area contributed by atoms with Crippen LogP contribution in [0.3, 0.4) is 0 Å². The molecule has 95 heavy (non-hydrogen) atoms. The molecule has 2 aromatic carbocycles. The Balaban J connectivity index is 1.13. The van der Waals surface area contributed by atoms with Crippen LogP contribution in [0.25, 0.3) is 0 Å². The van der Waals surface area contributed by atoms with Gasteiger partial charge in [-0.3, -0.25) is 53.1 Å². The fourth-order valence-corrected chi connectivity index (χ4v) is 13.1. The van der Waals surface area contributed by atoms with Crippen molar-refractivity contribution in [2.45, 2.75) is 186 Å². The molecule has 4 aliphatic heterocycles. The first-order valence-corrected chi connectivity index (χ1v) is 32.5. The molecular formula is C67H98N8O20. The number of aliphatic carboxylic acids is 1. The smallest absolute Gasteiger partial charge is 0.410 e. The number of methoxy groups -OCH3 is 2. The summed E-state index contributed by atoms with van der Waals surface area (Å²) < 4.78 is 29.0. The summed E-state index contributed by atoms with van der Waals surface area (Å²) in [6.07, 6.45) is -9.75. The lowest BCUT2D eigenvalue weighted by Gasteiger charge is -2.52. The highest BCUT2D eigenvalue weighted by Gasteiger charge is 2.57. The SMILES string of the molecule is CC[C@H](C)[C@@H]([C@@H](CC(=O)N1CCC[C@H]1[C@H](OC)[C@@H](C)C(=O)C[C@H](C)[C@@H](O)c1ccccc1)OC)N(C)C(=O)[C@@H](NC(=O)[C@H](C(C)C)N(C)C(=O)OCc1ccc(O[C@@H]2O[C@H](C(=O)O)[C@@H](O)[C@H](O)[C@H]2O)c(NC(=O)CCNC(=O)C2(N3C(=O)C=CC3=O)CN(CC)C2)c1)C(C)C. The van der Waals surface area contributed by atoms with Gasteiger partial charge in [0.1, 0.15) is 48.5 Å². The molecule has 0 saturated carbocycles. The zero-order valence-corrected chi connectivity index (χ0v) is 56.7. The standard InChI is InChI=1S/C67H98N8O20/c1-14-38(7)54(47(91-12)32-51(80)74-29-19-22-44(74)59(92-13)40(9)45(76)30-39(8)55(81)42-20-17-16-18-21-42)71(10)62(86)52(36(3)4)70-61(85)53(37(5)6)72(11)66(90)93-33-41-23-24-46(94-64-58(84)56(82)57(83)60(95-64)63(87)88)43(31-41)69-48(77)27-28-68-65(89)67(34-73(15-2)35-67)75-49(78)25-26-50(75)79/h16-18,20-21,23-26,31,36-40,44,47,52-60,64,81-84H,14-15,19,22,27-30,32-35H2,1-13H3,(H,68,89)(H,69,77)(H,70,85)(H,87,88)/t38-,39-,40-,44-,47+,52-,53-,54-,55+,56-,57-,58+,59+,60-,64+/m0/s1. The Morgan fingerprint density at radius 2 is 1.46 bits per heavy atom. The number of carbonyl (C=O) groups excluding carboxylic acids is 9. The van der Waals surface area contributed by atoms with E-state index in [0.717, 1.165) is 22.0 Å². The summed E-state index contributed by atoms with van der Waals surface area (Å²) in [5.74, 6) is -8.40. The van der Waals surface area contributed by atoms with E-state index < -0.39 is 157 Å². The lowest BCUT2D eigenvalue weighted by molar-refractivity contribution is -0.271. The molecule has 28 nitrogen and oxygen atoms in total. The monoisotopic (exact) mass is 1330 g/mol. The van der Waals surface area contributed by atoms with Crippen molar-refractivity contribution in [1.29, 1.82) is 0 Å². The number of ether oxygens (including phenoxy) is 5. The van der Waals surface area contributed by atoms with Crippen molar-refractivity contribution in [3.63, 3.8) is 0 Å². The van der Waals surface area contributed by atoms with Crippen LogP contribution in [0, 0.1) is 29.6 Å². The van der Waals surface area contributed by atoms with E-state index >= 15 is 0 Å². The van der Waals surface area contributed by atoms with Gasteiger partial charge in [-0.1, -0.05) is 105 Å². The van der Waals surface area contributed by atoms with Gasteiger partial charge in [0.2, 0.25) is 35.8 Å². The van der Waals surface area contributed by atoms with E-state index in [9.17, 15) is 73.5 Å². The van der Waals surface area contributed by atoms with Gasteiger partial charge in [-0.25, -0.2) is 9.59 Å². The van der Waals surface area contributed by atoms with Crippen LogP contribution in [0.5, 0.6) is 5.75 Å². The molecule has 4 heterocycles. The molecule has 15 atom stereocenters. The fraction of sp³-hybridized carbons (Fsp3) is 0.642. The minimum Gasteiger partial charge on any atom is -0.479 e. The highest BCUT2D eigenvalue weighted by Crippen LogP contribution is 2.36. The number of carboxylic acid groups (broad SMARTS) is 1. The highest BCUT2D eigenvalue weighted by molar-refractivity contribution is 6.16. The number of nitrogens with one attached hydrogen (secondary N) is 3. The van der Waals surface area contributed by atoms with Gasteiger partial charge in [-0.2, -0.15) is 0 Å². The summed E-state index contributed by atoms with van der Waals surface area (Å²) in [6, 6.07) is 9.64. The van der Waals surface area contributed by atoms with E-state index in [2.05, 4.69) is 16.0 Å². The van der Waals surface area contributed by atoms with Gasteiger partial charge in [0.05, 0.1) is 42.5 Å². The Labute approximate surface area is 554 Å². The van der Waals surface area contributed by atoms with Crippen molar-refractivity contribution >= 4 is 64.9 Å². The predicted molar refractivity (Wildman–Crippen MR) is 343 cm³/mol. The van der Waals surface area contributed by atoms with Crippen molar-refractivity contribution in [2.75, 3.05) is 66.4 Å². The average molecular weight is 1340 g/mol. The summed E-state index contributed by atoms with van der Waals surface area (Å²) in [5.41, 5.74) is -0.753. The molecule has 0 aliphatic carbocycles. The summed E-state index contributed by atoms with van der Waals surface area (Å²) in [4.78, 5) is 144. The maximum absolute atomic E-state index is 14.9. The van der Waals surface area contributed by atoms with E-state index in [1.54, 1.807) is 46.6 Å². The van der Waals surface area contributed by atoms with Gasteiger partial charge in [0.25, 0.3) is 11.8 Å². The third-order valence-electron chi connectivity index (χ3n) is 18.8. The molecule has 8 N–H and O–H groups in total. The lowest BCUT2D eigenvalue weighted by Crippen LogP contribution is -2.77. The number of aliphatic hydroxyl groups is 4. The molecule has 3 saturated heterocycles. The zero-order chi connectivity index (χ0) is 70.5. The minimum absolute atomic E-state index is 0.0691. The number of carboxylic acids is 1. The summed E-state index contributed by atoms with van der Waals surface area (Å²) in [7, 11) is 5.95. The first kappa shape index (κ1) is 76.6. The predicted octanol–water partition coefficient (Wildman–Crippen LogP) is 2.38. The lowest BCUT2D eigenvalue weighted by atomic mass is 9.85. The number of aliphatic hydroxyl groups excluding tert-OH is 4. The number of likely N-dealkylation sites (tertiary alicyclic amines) is 2. The van der Waals surface area contributed by atoms with Gasteiger partial charge < -0.3 is 75.0 Å². The van der Waals surface area contributed by atoms with Gasteiger partial charge in [0, 0.05) is 85.4 Å². The van der Waals surface area contributed by atoms with E-state index in [-0.39, 0.29) is 73.0 Å². The molecule has 0 unspecified atom stereocenters. The Kier molecular flexibility index (Phi) is 27.4. The number of likely N-dealkylation sites (N-methyl/N-ethyl adjacent to an activating group) is 3. The summed E-state index contributed by atoms with van der Waals surface area (Å²) >= 11 is 0. The molecule has 526 valence electrons. The number of benzene rings is 2. The second kappa shape index (κ2) is 34.0. The normalized spacial score (nSPS) is 23.1. The van der Waals surface area contributed by atoms with Crippen LogP contribution < -0.4 is 20.7 Å². The third kappa shape index (κ3) is 18.0. The molecule has 2 aromatic rings. The largest absolute Gasteiger partial charge is 0.479 e. The van der Waals surface area contributed by atoms with Crippen LogP contribution in [0.4, 0.5) is 10.5 Å². The van der Waals surface area contributed by atoms with Crippen molar-refractivity contribution in [3.8, 4) is 5.75 Å². The molecular weight excluding hydrogens is 1240 g/mol. The van der Waals surface area contributed by atoms with Crippen LogP contribution in [0.1, 0.15) is 118 Å². The number of imide groups is 1. The first-order valence-electron chi connectivity index (χ1n) is 32.5. The number of Topliss-reactive ketones (excluding diaryl/α,β-unsaturated/α-hetero) is 1. The molecule has 0 spiro atoms. The van der Waals surface area contributed by atoms with Crippen molar-refractivity contribution < 1.29 is 97.2 Å². The van der Waals surface area contributed by atoms with Crippen molar-refractivity contribution in [2.24, 2.45) is 29.6 Å². The van der Waals surface area contributed by atoms with Crippen LogP contribution >= 0.6 is 0 Å². The van der Waals surface area contributed by atoms with Gasteiger partial charge in [-0.05, 0) is 66.3 Å². The molecule has 6 rings (SSSR count). The molecule has 28 heteroatoms. The number of anilines is 1. The number of rotatable bonds is 33. The van der Waals surface area contributed by atoms with Crippen LogP contribution in [-0.4, -0.2) is 243 Å². The van der Waals surface area contributed by atoms with Crippen molar-refractivity contribution in [1.82, 2.24) is 35.1 Å². The second-order valence-corrected chi connectivity index (χ2v) is 26.1. The summed E-state index contributed by atoms with van der Waals surface area (Å²) in [6.45, 7) is 16.6. The second-order valence-electron chi connectivity index (χ2n) is 26.1. The number of amides is 8. The third-order valence-corrected chi connectivity index (χ3v) is 18.8. The molecule has 3 fully saturated rings. The number of carbonyl (C=O) groups is 10. The van der Waals surface area contributed by atoms with Crippen LogP contribution in [-0.2, 0) is 68.7 Å². The number of hydrogen-bond acceptors (Lipinski definition) is 20. The van der Waals surface area contributed by atoms with Crippen LogP contribution in [0.2, 0.25) is 0 Å². The topological polar surface area (TPSA) is 370 Å². The maximum atomic E-state index is 14.9. The molecule has 0 radical (unpaired) electrons. The zero-order valence-electron chi connectivity index (χ0n) is 56.7. The maximum Gasteiger partial charge on any atom is 0.410 e. The quantitative estimate of drug-likeness (QED) is 0.0476. The van der Waals surface area contributed by atoms with Gasteiger partial charge >= 0.3 is 12.1 Å². The van der Waals surface area contributed by atoms with Crippen molar-refractivity contribution in [3.05, 3.63) is 71.8 Å². The van der Waals surface area contributed by atoms with E-state index in [4.69, 9.17) is 23.7 Å². The molecule has 8 amide bonds. The molecule has 0 bridgehead atoms. The van der Waals surface area contributed by atoms with E-state index in [1.807, 2.05) is 62.9 Å².